The first-order valence-corrected chi connectivity index (χ1v) is 4.90. The van der Waals surface area contributed by atoms with E-state index in [2.05, 4.69) is 17.1 Å². The molecule has 0 unspecified atom stereocenters. The highest BCUT2D eigenvalue weighted by Crippen LogP contribution is 2.02. The fourth-order valence-electron chi connectivity index (χ4n) is 1.23. The Morgan fingerprint density at radius 1 is 1.60 bits per heavy atom. The van der Waals surface area contributed by atoms with Gasteiger partial charge in [0.2, 0.25) is 11.8 Å². The van der Waals surface area contributed by atoms with Crippen molar-refractivity contribution >= 4 is 5.91 Å². The summed E-state index contributed by atoms with van der Waals surface area (Å²) in [6, 6.07) is 0. The third-order valence-electron chi connectivity index (χ3n) is 1.81. The fourth-order valence-corrected chi connectivity index (χ4v) is 1.23. The van der Waals surface area contributed by atoms with Gasteiger partial charge in [0, 0.05) is 6.42 Å². The minimum atomic E-state index is -0.370. The van der Waals surface area contributed by atoms with Gasteiger partial charge in [-0.3, -0.25) is 9.69 Å². The zero-order valence-corrected chi connectivity index (χ0v) is 9.06. The summed E-state index contributed by atoms with van der Waals surface area (Å²) in [7, 11) is 1.77. The van der Waals surface area contributed by atoms with Crippen LogP contribution in [0.3, 0.4) is 0 Å². The number of nitrogens with two attached hydrogens (primary N) is 1. The van der Waals surface area contributed by atoms with Crippen LogP contribution < -0.4 is 5.73 Å². The molecule has 1 heterocycles. The Morgan fingerprint density at radius 2 is 2.33 bits per heavy atom. The van der Waals surface area contributed by atoms with Gasteiger partial charge in [0.15, 0.2) is 5.82 Å². The molecule has 15 heavy (non-hydrogen) atoms. The second kappa shape index (κ2) is 5.45. The van der Waals surface area contributed by atoms with Crippen LogP contribution in [-0.2, 0) is 17.8 Å². The molecule has 84 valence electrons. The third kappa shape index (κ3) is 4.07. The van der Waals surface area contributed by atoms with E-state index in [1.54, 1.807) is 11.9 Å². The van der Waals surface area contributed by atoms with Crippen molar-refractivity contribution in [3.63, 3.8) is 0 Å². The molecule has 6 heteroatoms. The van der Waals surface area contributed by atoms with E-state index in [-0.39, 0.29) is 12.5 Å². The zero-order valence-electron chi connectivity index (χ0n) is 9.06. The molecule has 0 saturated heterocycles. The van der Waals surface area contributed by atoms with Gasteiger partial charge in [-0.1, -0.05) is 12.1 Å². The molecule has 1 amide bonds. The number of primary amides is 1. The highest BCUT2D eigenvalue weighted by Gasteiger charge is 2.09. The Balaban J connectivity index is 2.45. The van der Waals surface area contributed by atoms with Gasteiger partial charge in [-0.15, -0.1) is 0 Å². The summed E-state index contributed by atoms with van der Waals surface area (Å²) in [6.07, 6.45) is 1.79. The van der Waals surface area contributed by atoms with Crippen molar-refractivity contribution in [1.29, 1.82) is 0 Å². The van der Waals surface area contributed by atoms with Gasteiger partial charge < -0.3 is 10.3 Å². The molecule has 0 aromatic carbocycles. The number of aryl methyl sites for hydroxylation is 1. The minimum absolute atomic E-state index is 0.186. The molecule has 0 fully saturated rings. The first-order chi connectivity index (χ1) is 7.11. The van der Waals surface area contributed by atoms with Crippen molar-refractivity contribution in [2.45, 2.75) is 26.3 Å². The topological polar surface area (TPSA) is 85.3 Å². The number of hydrogen-bond acceptors (Lipinski definition) is 5. The Labute approximate surface area is 88.4 Å². The van der Waals surface area contributed by atoms with Gasteiger partial charge in [-0.2, -0.15) is 4.98 Å². The average molecular weight is 212 g/mol. The number of amides is 1. The summed E-state index contributed by atoms with van der Waals surface area (Å²) in [4.78, 5) is 16.5. The first-order valence-electron chi connectivity index (χ1n) is 4.90. The Morgan fingerprint density at radius 3 is 2.93 bits per heavy atom. The van der Waals surface area contributed by atoms with E-state index >= 15 is 0 Å². The predicted octanol–water partition coefficient (Wildman–Crippen LogP) is -0.0608. The fraction of sp³-hybridized carbons (Fsp3) is 0.667. The molecule has 0 atom stereocenters. The van der Waals surface area contributed by atoms with Gasteiger partial charge in [0.25, 0.3) is 0 Å². The van der Waals surface area contributed by atoms with Crippen molar-refractivity contribution in [2.24, 2.45) is 5.73 Å². The van der Waals surface area contributed by atoms with Crippen molar-refractivity contribution in [2.75, 3.05) is 13.6 Å². The molecule has 0 aliphatic carbocycles. The summed E-state index contributed by atoms with van der Waals surface area (Å²) in [5, 5.41) is 3.81. The van der Waals surface area contributed by atoms with E-state index < -0.39 is 0 Å². The van der Waals surface area contributed by atoms with Crippen LogP contribution >= 0.6 is 0 Å². The molecule has 1 rings (SSSR count). The van der Waals surface area contributed by atoms with E-state index in [0.717, 1.165) is 12.8 Å². The van der Waals surface area contributed by atoms with Crippen LogP contribution in [0.2, 0.25) is 0 Å². The normalized spacial score (nSPS) is 10.9. The van der Waals surface area contributed by atoms with Crippen LogP contribution in [0.25, 0.3) is 0 Å². The molecular formula is C9H16N4O2. The van der Waals surface area contributed by atoms with Gasteiger partial charge in [0.05, 0.1) is 13.1 Å². The van der Waals surface area contributed by atoms with Crippen molar-refractivity contribution in [3.05, 3.63) is 11.7 Å². The third-order valence-corrected chi connectivity index (χ3v) is 1.81. The summed E-state index contributed by atoms with van der Waals surface area (Å²) in [6.45, 7) is 2.68. The van der Waals surface area contributed by atoms with Crippen LogP contribution in [0.4, 0.5) is 0 Å². The van der Waals surface area contributed by atoms with Crippen molar-refractivity contribution in [3.8, 4) is 0 Å². The molecule has 0 bridgehead atoms. The molecule has 1 aromatic rings. The van der Waals surface area contributed by atoms with Gasteiger partial charge in [-0.05, 0) is 13.5 Å². The van der Waals surface area contributed by atoms with Gasteiger partial charge in [-0.25, -0.2) is 0 Å². The summed E-state index contributed by atoms with van der Waals surface area (Å²) in [5.41, 5.74) is 5.05. The van der Waals surface area contributed by atoms with Crippen LogP contribution in [0, 0.1) is 0 Å². The van der Waals surface area contributed by atoms with E-state index in [9.17, 15) is 4.79 Å². The highest BCUT2D eigenvalue weighted by atomic mass is 16.5. The lowest BCUT2D eigenvalue weighted by Crippen LogP contribution is -2.30. The predicted molar refractivity (Wildman–Crippen MR) is 53.8 cm³/mol. The Bertz CT molecular complexity index is 324. The maximum absolute atomic E-state index is 10.6. The van der Waals surface area contributed by atoms with E-state index in [1.165, 1.54) is 0 Å². The van der Waals surface area contributed by atoms with Gasteiger partial charge in [0.1, 0.15) is 0 Å². The standard InChI is InChI=1S/C9H16N4O2/c1-3-4-8-11-9(15-12-8)6-13(2)5-7(10)14/h3-6H2,1-2H3,(H2,10,14). The minimum Gasteiger partial charge on any atom is -0.369 e. The molecular weight excluding hydrogens is 196 g/mol. The summed E-state index contributed by atoms with van der Waals surface area (Å²) < 4.78 is 5.01. The van der Waals surface area contributed by atoms with E-state index in [1.807, 2.05) is 0 Å². The largest absolute Gasteiger partial charge is 0.369 e. The maximum Gasteiger partial charge on any atom is 0.240 e. The number of hydrogen-bond donors (Lipinski definition) is 1. The number of carbonyl (C=O) groups excluding carboxylic acids is 1. The molecule has 0 spiro atoms. The quantitative estimate of drug-likeness (QED) is 0.714. The molecule has 0 aliphatic heterocycles. The summed E-state index contributed by atoms with van der Waals surface area (Å²) >= 11 is 0. The molecule has 6 nitrogen and oxygen atoms in total. The highest BCUT2D eigenvalue weighted by molar-refractivity contribution is 5.75. The van der Waals surface area contributed by atoms with Crippen molar-refractivity contribution in [1.82, 2.24) is 15.0 Å². The van der Waals surface area contributed by atoms with E-state index in [4.69, 9.17) is 10.3 Å². The van der Waals surface area contributed by atoms with Crippen LogP contribution in [-0.4, -0.2) is 34.5 Å². The Hall–Kier alpha value is -1.43. The number of nitrogens with zero attached hydrogens (tertiary/aromatic N) is 3. The Kier molecular flexibility index (Phi) is 4.23. The first kappa shape index (κ1) is 11.6. The van der Waals surface area contributed by atoms with Gasteiger partial charge >= 0.3 is 0 Å². The van der Waals surface area contributed by atoms with Crippen LogP contribution in [0.5, 0.6) is 0 Å². The molecule has 0 aliphatic rings. The number of carbonyl (C=O) groups is 1. The monoisotopic (exact) mass is 212 g/mol. The zero-order chi connectivity index (χ0) is 11.3. The van der Waals surface area contributed by atoms with E-state index in [0.29, 0.717) is 18.3 Å². The molecule has 0 radical (unpaired) electrons. The maximum atomic E-state index is 10.6. The number of likely N-dealkylation sites (N-methyl/N-ethyl adjacent to an activating group) is 1. The lowest BCUT2D eigenvalue weighted by Gasteiger charge is -2.10. The molecule has 1 aromatic heterocycles. The number of rotatable bonds is 6. The summed E-state index contributed by atoms with van der Waals surface area (Å²) in [5.74, 6) is 0.855. The molecule has 0 saturated carbocycles. The van der Waals surface area contributed by atoms with Crippen LogP contribution in [0.1, 0.15) is 25.1 Å². The second-order valence-electron chi connectivity index (χ2n) is 3.49. The average Bonchev–Trinajstić information content (AvgIpc) is 2.51. The second-order valence-corrected chi connectivity index (χ2v) is 3.49. The lowest BCUT2D eigenvalue weighted by atomic mass is 10.3. The lowest BCUT2D eigenvalue weighted by molar-refractivity contribution is -0.119. The van der Waals surface area contributed by atoms with Crippen LogP contribution in [0.15, 0.2) is 4.52 Å². The molecule has 2 N–H and O–H groups in total. The van der Waals surface area contributed by atoms with Crippen molar-refractivity contribution < 1.29 is 9.32 Å². The number of aromatic nitrogens is 2. The smallest absolute Gasteiger partial charge is 0.240 e. The SMILES string of the molecule is CCCc1noc(CN(C)CC(N)=O)n1.